The predicted molar refractivity (Wildman–Crippen MR) is 106 cm³/mol. The predicted octanol–water partition coefficient (Wildman–Crippen LogP) is 4.26. The molecule has 27 heavy (non-hydrogen) atoms. The average Bonchev–Trinajstić information content (AvgIpc) is 2.98. The number of unbranched alkanes of at least 4 members (excludes halogenated alkanes) is 3. The van der Waals surface area contributed by atoms with E-state index in [2.05, 4.69) is 6.92 Å². The van der Waals surface area contributed by atoms with Crippen LogP contribution in [0, 0.1) is 11.8 Å². The van der Waals surface area contributed by atoms with E-state index in [0.717, 1.165) is 64.2 Å². The highest BCUT2D eigenvalue weighted by Gasteiger charge is 2.33. The first-order valence-electron chi connectivity index (χ1n) is 10.6. The summed E-state index contributed by atoms with van der Waals surface area (Å²) >= 11 is 0. The van der Waals surface area contributed by atoms with Crippen LogP contribution in [0.1, 0.15) is 90.9 Å². The molecule has 0 bridgehead atoms. The minimum absolute atomic E-state index is 0.127. The van der Waals surface area contributed by atoms with E-state index in [1.165, 1.54) is 6.08 Å². The van der Waals surface area contributed by atoms with Crippen LogP contribution in [0.25, 0.3) is 0 Å². The number of hydrogen-bond acceptors (Lipinski definition) is 5. The van der Waals surface area contributed by atoms with Crippen LogP contribution in [0.2, 0.25) is 0 Å². The summed E-state index contributed by atoms with van der Waals surface area (Å²) in [6.45, 7) is 3.38. The van der Waals surface area contributed by atoms with E-state index in [1.54, 1.807) is 0 Å². The SMILES string of the molecule is CCCCC(C)(O)CCC[C@H]1CCC(=O)[C@@H]1CCCCC=C(O)C(=O)CO. The molecule has 0 saturated heterocycles. The highest BCUT2D eigenvalue weighted by molar-refractivity contribution is 5.93. The van der Waals surface area contributed by atoms with E-state index < -0.39 is 18.0 Å². The Kier molecular flexibility index (Phi) is 10.9. The van der Waals surface area contributed by atoms with E-state index in [0.29, 0.717) is 24.5 Å². The number of carbonyl (C=O) groups is 2. The van der Waals surface area contributed by atoms with Crippen LogP contribution < -0.4 is 0 Å². The van der Waals surface area contributed by atoms with Gasteiger partial charge in [-0.05, 0) is 63.9 Å². The second-order valence-electron chi connectivity index (χ2n) is 8.32. The van der Waals surface area contributed by atoms with Crippen molar-refractivity contribution in [1.82, 2.24) is 0 Å². The van der Waals surface area contributed by atoms with Crippen molar-refractivity contribution in [3.63, 3.8) is 0 Å². The molecule has 5 heteroatoms. The molecule has 0 radical (unpaired) electrons. The molecule has 1 saturated carbocycles. The Labute approximate surface area is 163 Å². The fourth-order valence-corrected chi connectivity index (χ4v) is 4.09. The molecule has 3 atom stereocenters. The normalized spacial score (nSPS) is 22.8. The Morgan fingerprint density at radius 3 is 2.56 bits per heavy atom. The lowest BCUT2D eigenvalue weighted by Gasteiger charge is -2.25. The summed E-state index contributed by atoms with van der Waals surface area (Å²) in [4.78, 5) is 23.3. The van der Waals surface area contributed by atoms with Gasteiger partial charge in [0.25, 0.3) is 0 Å². The molecule has 1 fully saturated rings. The Morgan fingerprint density at radius 1 is 1.19 bits per heavy atom. The lowest BCUT2D eigenvalue weighted by molar-refractivity contribution is -0.121. The Balaban J connectivity index is 2.32. The Hall–Kier alpha value is -1.20. The molecule has 1 unspecified atom stereocenters. The number of hydrogen-bond donors (Lipinski definition) is 3. The van der Waals surface area contributed by atoms with Crippen LogP contribution in [0.15, 0.2) is 11.8 Å². The van der Waals surface area contributed by atoms with Gasteiger partial charge in [-0.3, -0.25) is 9.59 Å². The number of rotatable bonds is 14. The largest absolute Gasteiger partial charge is 0.505 e. The Bertz CT molecular complexity index is 495. The first-order valence-corrected chi connectivity index (χ1v) is 10.6. The van der Waals surface area contributed by atoms with Crippen molar-refractivity contribution in [3.8, 4) is 0 Å². The zero-order chi connectivity index (χ0) is 20.3. The zero-order valence-electron chi connectivity index (χ0n) is 17.1. The van der Waals surface area contributed by atoms with Gasteiger partial charge in [0, 0.05) is 12.3 Å². The highest BCUT2D eigenvalue weighted by atomic mass is 16.3. The molecule has 3 N–H and O–H groups in total. The van der Waals surface area contributed by atoms with Gasteiger partial charge in [0.15, 0.2) is 5.76 Å². The fourth-order valence-electron chi connectivity index (χ4n) is 4.09. The second kappa shape index (κ2) is 12.3. The molecule has 1 aliphatic rings. The molecule has 0 aromatic rings. The number of ketones is 2. The van der Waals surface area contributed by atoms with Gasteiger partial charge < -0.3 is 15.3 Å². The molecule has 5 nitrogen and oxygen atoms in total. The van der Waals surface area contributed by atoms with E-state index in [1.807, 2.05) is 6.92 Å². The number of aliphatic hydroxyl groups excluding tert-OH is 2. The zero-order valence-corrected chi connectivity index (χ0v) is 17.1. The number of allylic oxidation sites excluding steroid dienone is 1. The van der Waals surface area contributed by atoms with Crippen molar-refractivity contribution in [2.45, 2.75) is 96.5 Å². The van der Waals surface area contributed by atoms with Crippen molar-refractivity contribution < 1.29 is 24.9 Å². The van der Waals surface area contributed by atoms with Crippen LogP contribution in [0.3, 0.4) is 0 Å². The van der Waals surface area contributed by atoms with E-state index >= 15 is 0 Å². The van der Waals surface area contributed by atoms with Crippen LogP contribution in [-0.2, 0) is 9.59 Å². The molecule has 1 rings (SSSR count). The number of Topliss-reactive ketones (excluding diaryl/α,β-unsaturated/α-hetero) is 2. The first kappa shape index (κ1) is 23.8. The third-order valence-corrected chi connectivity index (χ3v) is 5.84. The number of aliphatic hydroxyl groups is 3. The third kappa shape index (κ3) is 9.02. The summed E-state index contributed by atoms with van der Waals surface area (Å²) in [7, 11) is 0. The fraction of sp³-hybridized carbons (Fsp3) is 0.818. The maximum atomic E-state index is 12.2. The molecular weight excluding hydrogens is 344 g/mol. The summed E-state index contributed by atoms with van der Waals surface area (Å²) < 4.78 is 0. The van der Waals surface area contributed by atoms with Crippen molar-refractivity contribution in [3.05, 3.63) is 11.8 Å². The van der Waals surface area contributed by atoms with Gasteiger partial charge in [-0.25, -0.2) is 0 Å². The van der Waals surface area contributed by atoms with Crippen molar-refractivity contribution in [1.29, 1.82) is 0 Å². The van der Waals surface area contributed by atoms with Gasteiger partial charge >= 0.3 is 0 Å². The van der Waals surface area contributed by atoms with Crippen LogP contribution >= 0.6 is 0 Å². The maximum absolute atomic E-state index is 12.2. The van der Waals surface area contributed by atoms with Crippen molar-refractivity contribution >= 4 is 11.6 Å². The quantitative estimate of drug-likeness (QED) is 0.237. The van der Waals surface area contributed by atoms with Crippen LogP contribution in [0.4, 0.5) is 0 Å². The molecule has 0 amide bonds. The van der Waals surface area contributed by atoms with E-state index in [-0.39, 0.29) is 11.7 Å². The van der Waals surface area contributed by atoms with Gasteiger partial charge in [0.2, 0.25) is 5.78 Å². The molecule has 0 aromatic heterocycles. The third-order valence-electron chi connectivity index (χ3n) is 5.84. The standard InChI is InChI=1S/C22H38O5/c1-3-4-14-22(2,27)15-8-9-17-12-13-19(24)18(17)10-6-5-7-11-20(25)21(26)16-23/h11,17-18,23,25,27H,3-10,12-16H2,1-2H3/t17-,18+,22?/m0/s1. The molecule has 156 valence electrons. The Morgan fingerprint density at radius 2 is 1.89 bits per heavy atom. The minimum atomic E-state index is -0.675. The van der Waals surface area contributed by atoms with Crippen LogP contribution in [-0.4, -0.2) is 39.1 Å². The second-order valence-corrected chi connectivity index (χ2v) is 8.32. The monoisotopic (exact) mass is 382 g/mol. The molecular formula is C22H38O5. The molecule has 0 aliphatic heterocycles. The van der Waals surface area contributed by atoms with Crippen molar-refractivity contribution in [2.75, 3.05) is 6.61 Å². The lowest BCUT2D eigenvalue weighted by Crippen LogP contribution is -2.24. The summed E-state index contributed by atoms with van der Waals surface area (Å²) in [6, 6.07) is 0. The van der Waals surface area contributed by atoms with Gasteiger partial charge in [-0.2, -0.15) is 0 Å². The van der Waals surface area contributed by atoms with Crippen molar-refractivity contribution in [2.24, 2.45) is 11.8 Å². The summed E-state index contributed by atoms with van der Waals surface area (Å²) in [5, 5.41) is 28.5. The summed E-state index contributed by atoms with van der Waals surface area (Å²) in [6.07, 6.45) is 12.0. The minimum Gasteiger partial charge on any atom is -0.505 e. The van der Waals surface area contributed by atoms with Gasteiger partial charge in [-0.15, -0.1) is 0 Å². The summed E-state index contributed by atoms with van der Waals surface area (Å²) in [5.41, 5.74) is -0.589. The van der Waals surface area contributed by atoms with Gasteiger partial charge in [0.05, 0.1) is 5.60 Å². The van der Waals surface area contributed by atoms with E-state index in [4.69, 9.17) is 5.11 Å². The average molecular weight is 383 g/mol. The first-order chi connectivity index (χ1) is 12.8. The molecule has 0 heterocycles. The van der Waals surface area contributed by atoms with Gasteiger partial charge in [0.1, 0.15) is 12.4 Å². The number of carbonyl (C=O) groups excluding carboxylic acids is 2. The lowest BCUT2D eigenvalue weighted by atomic mass is 9.84. The molecule has 0 aromatic carbocycles. The smallest absolute Gasteiger partial charge is 0.221 e. The topological polar surface area (TPSA) is 94.8 Å². The summed E-state index contributed by atoms with van der Waals surface area (Å²) in [5.74, 6) is -0.105. The van der Waals surface area contributed by atoms with Crippen LogP contribution in [0.5, 0.6) is 0 Å². The molecule has 1 aliphatic carbocycles. The maximum Gasteiger partial charge on any atom is 0.221 e. The highest BCUT2D eigenvalue weighted by Crippen LogP contribution is 2.37. The van der Waals surface area contributed by atoms with Gasteiger partial charge in [-0.1, -0.05) is 32.6 Å². The van der Waals surface area contributed by atoms with E-state index in [9.17, 15) is 19.8 Å². The molecule has 0 spiro atoms.